The highest BCUT2D eigenvalue weighted by atomic mass is 32.1. The van der Waals surface area contributed by atoms with Crippen LogP contribution in [0.3, 0.4) is 0 Å². The average Bonchev–Trinajstić information content (AvgIpc) is 3.62. The molecule has 4 aromatic heterocycles. The Morgan fingerprint density at radius 2 is 2.03 bits per heavy atom. The lowest BCUT2D eigenvalue weighted by molar-refractivity contribution is 0.0786. The van der Waals surface area contributed by atoms with E-state index in [2.05, 4.69) is 45.3 Å². The van der Waals surface area contributed by atoms with E-state index in [0.29, 0.717) is 29.8 Å². The van der Waals surface area contributed by atoms with Crippen molar-refractivity contribution in [3.8, 4) is 11.3 Å². The lowest BCUT2D eigenvalue weighted by atomic mass is 10.2. The third kappa shape index (κ3) is 6.28. The van der Waals surface area contributed by atoms with Crippen molar-refractivity contribution in [1.82, 2.24) is 29.5 Å². The van der Waals surface area contributed by atoms with E-state index >= 15 is 0 Å². The van der Waals surface area contributed by atoms with Crippen LogP contribution in [0.2, 0.25) is 25.7 Å². The van der Waals surface area contributed by atoms with E-state index in [-0.39, 0.29) is 5.91 Å². The number of thiophene rings is 1. The molecule has 9 nitrogen and oxygen atoms in total. The van der Waals surface area contributed by atoms with Crippen molar-refractivity contribution < 1.29 is 9.53 Å². The van der Waals surface area contributed by atoms with Crippen LogP contribution in [0.25, 0.3) is 16.9 Å². The predicted octanol–water partition coefficient (Wildman–Crippen LogP) is 5.69. The van der Waals surface area contributed by atoms with Gasteiger partial charge in [-0.05, 0) is 31.9 Å². The molecule has 2 N–H and O–H groups in total. The van der Waals surface area contributed by atoms with Gasteiger partial charge < -0.3 is 15.4 Å². The molecule has 0 aromatic carbocycles. The van der Waals surface area contributed by atoms with Gasteiger partial charge in [-0.3, -0.25) is 9.20 Å². The van der Waals surface area contributed by atoms with E-state index in [1.54, 1.807) is 0 Å². The number of hydrogen-bond donors (Lipinski definition) is 2. The van der Waals surface area contributed by atoms with Gasteiger partial charge in [0.1, 0.15) is 6.73 Å². The number of carbonyl (C=O) groups is 1. The number of fused-ring (bicyclic) bond motifs is 1. The Hall–Kier alpha value is -3.02. The Bertz CT molecular complexity index is 1380. The predicted molar refractivity (Wildman–Crippen MR) is 150 cm³/mol. The fraction of sp³-hybridized carbons (Fsp3) is 0.462. The van der Waals surface area contributed by atoms with Gasteiger partial charge in [-0.15, -0.1) is 11.3 Å². The van der Waals surface area contributed by atoms with Crippen LogP contribution in [-0.2, 0) is 11.5 Å². The molecule has 1 aliphatic carbocycles. The van der Waals surface area contributed by atoms with E-state index in [1.165, 1.54) is 24.2 Å². The second-order valence-electron chi connectivity index (χ2n) is 11.0. The van der Waals surface area contributed by atoms with Crippen molar-refractivity contribution in [2.75, 3.05) is 11.9 Å². The van der Waals surface area contributed by atoms with E-state index in [4.69, 9.17) is 4.74 Å². The molecule has 0 radical (unpaired) electrons. The Kier molecular flexibility index (Phi) is 7.45. The molecular weight excluding hydrogens is 502 g/mol. The van der Waals surface area contributed by atoms with Gasteiger partial charge in [-0.25, -0.2) is 14.6 Å². The van der Waals surface area contributed by atoms with Crippen LogP contribution in [0.4, 0.5) is 10.8 Å². The zero-order valence-electron chi connectivity index (χ0n) is 22.0. The number of imidazole rings is 1. The molecule has 196 valence electrons. The van der Waals surface area contributed by atoms with Crippen molar-refractivity contribution >= 4 is 41.8 Å². The summed E-state index contributed by atoms with van der Waals surface area (Å²) in [5.41, 5.74) is 4.13. The zero-order chi connectivity index (χ0) is 26.0. The minimum absolute atomic E-state index is 0.0110. The van der Waals surface area contributed by atoms with Crippen LogP contribution in [0, 0.1) is 6.92 Å². The quantitative estimate of drug-likeness (QED) is 0.199. The largest absolute Gasteiger partial charge is 0.360 e. The summed E-state index contributed by atoms with van der Waals surface area (Å²) in [6.07, 6.45) is 12.1. The van der Waals surface area contributed by atoms with Gasteiger partial charge in [0.05, 0.1) is 34.3 Å². The molecule has 1 amide bonds. The first-order chi connectivity index (χ1) is 17.7. The van der Waals surface area contributed by atoms with E-state index < -0.39 is 8.07 Å². The molecule has 4 heterocycles. The lowest BCUT2D eigenvalue weighted by Gasteiger charge is -2.15. The molecule has 0 spiro atoms. The first kappa shape index (κ1) is 25.6. The topological polar surface area (TPSA) is 98.4 Å². The monoisotopic (exact) mass is 537 g/mol. The van der Waals surface area contributed by atoms with Gasteiger partial charge in [-0.1, -0.05) is 32.5 Å². The molecule has 0 saturated heterocycles. The third-order valence-corrected chi connectivity index (χ3v) is 9.11. The molecule has 0 unspecified atom stereocenters. The van der Waals surface area contributed by atoms with Gasteiger partial charge >= 0.3 is 0 Å². The Morgan fingerprint density at radius 3 is 2.81 bits per heavy atom. The second kappa shape index (κ2) is 10.8. The zero-order valence-corrected chi connectivity index (χ0v) is 23.8. The summed E-state index contributed by atoms with van der Waals surface area (Å²) in [5.74, 6) is 0.640. The maximum absolute atomic E-state index is 12.6. The molecule has 1 aliphatic rings. The molecule has 37 heavy (non-hydrogen) atoms. The van der Waals surface area contributed by atoms with E-state index in [1.807, 2.05) is 52.2 Å². The van der Waals surface area contributed by atoms with Gasteiger partial charge in [0.25, 0.3) is 5.91 Å². The molecule has 1 fully saturated rings. The van der Waals surface area contributed by atoms with Crippen LogP contribution >= 0.6 is 11.3 Å². The number of ether oxygens (including phenoxy) is 1. The molecule has 11 heteroatoms. The Morgan fingerprint density at radius 1 is 1.22 bits per heavy atom. The first-order valence-corrected chi connectivity index (χ1v) is 17.5. The standard InChI is InChI=1S/C26H35N7O2SSi/c1-18-14-33-22(20-12-28-32(15-20)17-35-9-10-37(2,3)4)13-27-25(33)24(29-18)31-23-11-19(16-36-23)26(34)30-21-7-5-6-8-21/h11-16,21H,5-10,17H2,1-4H3,(H,29,31)(H,30,34). The SMILES string of the molecule is Cc1cn2c(-c3cnn(COCC[Si](C)(C)C)c3)cnc2c(Nc2cc(C(=O)NC3CCCC3)cs2)n1. The summed E-state index contributed by atoms with van der Waals surface area (Å²) >= 11 is 1.49. The molecular formula is C26H35N7O2SSi. The average molecular weight is 538 g/mol. The number of rotatable bonds is 10. The Balaban J connectivity index is 1.30. The van der Waals surface area contributed by atoms with Gasteiger partial charge in [-0.2, -0.15) is 5.10 Å². The maximum atomic E-state index is 12.6. The minimum Gasteiger partial charge on any atom is -0.360 e. The number of nitrogens with zero attached hydrogens (tertiary/aromatic N) is 5. The van der Waals surface area contributed by atoms with Crippen LogP contribution in [-0.4, -0.2) is 50.8 Å². The normalized spacial score (nSPS) is 14.5. The van der Waals surface area contributed by atoms with Crippen LogP contribution in [0.15, 0.2) is 36.2 Å². The summed E-state index contributed by atoms with van der Waals surface area (Å²) in [5, 5.41) is 13.7. The number of nitrogens with one attached hydrogen (secondary N) is 2. The smallest absolute Gasteiger partial charge is 0.252 e. The fourth-order valence-electron chi connectivity index (χ4n) is 4.49. The molecule has 0 aliphatic heterocycles. The maximum Gasteiger partial charge on any atom is 0.252 e. The molecule has 0 bridgehead atoms. The summed E-state index contributed by atoms with van der Waals surface area (Å²) in [7, 11) is -1.11. The third-order valence-electron chi connectivity index (χ3n) is 6.56. The van der Waals surface area contributed by atoms with Crippen LogP contribution < -0.4 is 10.6 Å². The first-order valence-electron chi connectivity index (χ1n) is 12.9. The second-order valence-corrected chi connectivity index (χ2v) is 17.5. The van der Waals surface area contributed by atoms with Gasteiger partial charge in [0, 0.05) is 44.1 Å². The van der Waals surface area contributed by atoms with Gasteiger partial charge in [0.2, 0.25) is 0 Å². The van der Waals surface area contributed by atoms with Gasteiger partial charge in [0.15, 0.2) is 11.5 Å². The number of aromatic nitrogens is 5. The highest BCUT2D eigenvalue weighted by Gasteiger charge is 2.20. The Labute approximate surface area is 222 Å². The van der Waals surface area contributed by atoms with Crippen LogP contribution in [0.5, 0.6) is 0 Å². The van der Waals surface area contributed by atoms with Crippen molar-refractivity contribution in [2.24, 2.45) is 0 Å². The minimum atomic E-state index is -1.11. The summed E-state index contributed by atoms with van der Waals surface area (Å²) < 4.78 is 9.68. The van der Waals surface area contributed by atoms with E-state index in [9.17, 15) is 4.79 Å². The molecule has 1 saturated carbocycles. The number of anilines is 2. The number of carbonyl (C=O) groups excluding carboxylic acids is 1. The van der Waals surface area contributed by atoms with Crippen molar-refractivity contribution in [1.29, 1.82) is 0 Å². The highest BCUT2D eigenvalue weighted by molar-refractivity contribution is 7.14. The summed E-state index contributed by atoms with van der Waals surface area (Å²) in [6, 6.07) is 3.31. The molecule has 0 atom stereocenters. The van der Waals surface area contributed by atoms with Crippen molar-refractivity contribution in [3.63, 3.8) is 0 Å². The highest BCUT2D eigenvalue weighted by Crippen LogP contribution is 2.29. The molecule has 4 aromatic rings. The lowest BCUT2D eigenvalue weighted by Crippen LogP contribution is -2.32. The number of hydrogen-bond acceptors (Lipinski definition) is 7. The summed E-state index contributed by atoms with van der Waals surface area (Å²) in [6.45, 7) is 10.2. The fourth-order valence-corrected chi connectivity index (χ4v) is 6.02. The molecule has 5 rings (SSSR count). The van der Waals surface area contributed by atoms with Crippen molar-refractivity contribution in [3.05, 3.63) is 47.5 Å². The summed E-state index contributed by atoms with van der Waals surface area (Å²) in [4.78, 5) is 22.0. The van der Waals surface area contributed by atoms with Crippen molar-refractivity contribution in [2.45, 2.75) is 71.1 Å². The number of amides is 1. The van der Waals surface area contributed by atoms with E-state index in [0.717, 1.165) is 47.4 Å². The number of aryl methyl sites for hydroxylation is 1. The van der Waals surface area contributed by atoms with Crippen LogP contribution in [0.1, 0.15) is 41.7 Å².